The highest BCUT2D eigenvalue weighted by atomic mass is 19.4. The lowest BCUT2D eigenvalue weighted by molar-refractivity contribution is -0.137. The van der Waals surface area contributed by atoms with Crippen LogP contribution in [0.5, 0.6) is 0 Å². The van der Waals surface area contributed by atoms with E-state index >= 15 is 0 Å². The summed E-state index contributed by atoms with van der Waals surface area (Å²) in [5, 5.41) is 4.16. The first-order valence-corrected chi connectivity index (χ1v) is 10.4. The minimum Gasteiger partial charge on any atom is -0.345 e. The van der Waals surface area contributed by atoms with Crippen LogP contribution < -0.4 is 5.32 Å². The number of aromatic nitrogens is 2. The van der Waals surface area contributed by atoms with E-state index in [1.54, 1.807) is 19.3 Å². The van der Waals surface area contributed by atoms with E-state index in [-0.39, 0.29) is 5.56 Å². The van der Waals surface area contributed by atoms with Crippen LogP contribution in [-0.2, 0) is 19.1 Å². The van der Waals surface area contributed by atoms with Gasteiger partial charge >= 0.3 is 6.18 Å². The van der Waals surface area contributed by atoms with Crippen LogP contribution in [0, 0.1) is 18.8 Å². The maximum atomic E-state index is 13.4. The number of rotatable bonds is 1. The number of halogens is 3. The number of hydrogen-bond donors (Lipinski definition) is 2. The molecule has 4 aromatic rings. The Balaban J connectivity index is 1.55. The number of aryl methyl sites for hydroxylation is 1. The van der Waals surface area contributed by atoms with Crippen molar-refractivity contribution in [1.82, 2.24) is 15.3 Å². The zero-order valence-electron chi connectivity index (χ0n) is 17.4. The van der Waals surface area contributed by atoms with Crippen molar-refractivity contribution < 1.29 is 13.2 Å². The fourth-order valence-corrected chi connectivity index (χ4v) is 4.06. The van der Waals surface area contributed by atoms with Gasteiger partial charge in [0.2, 0.25) is 0 Å². The van der Waals surface area contributed by atoms with Crippen LogP contribution in [0.4, 0.5) is 13.2 Å². The van der Waals surface area contributed by atoms with E-state index in [9.17, 15) is 13.2 Å². The van der Waals surface area contributed by atoms with Crippen molar-refractivity contribution in [2.75, 3.05) is 6.54 Å². The van der Waals surface area contributed by atoms with E-state index in [1.165, 1.54) is 23.3 Å². The number of pyridine rings is 1. The van der Waals surface area contributed by atoms with Crippen LogP contribution in [0.15, 0.2) is 54.9 Å². The lowest BCUT2D eigenvalue weighted by Crippen LogP contribution is -2.23. The van der Waals surface area contributed by atoms with Crippen molar-refractivity contribution in [2.45, 2.75) is 26.1 Å². The van der Waals surface area contributed by atoms with Crippen LogP contribution >= 0.6 is 0 Å². The maximum absolute atomic E-state index is 13.4. The molecule has 5 rings (SSSR count). The normalized spacial score (nSPS) is 13.5. The lowest BCUT2D eigenvalue weighted by atomic mass is 9.95. The molecular formula is C26H20F3N3. The topological polar surface area (TPSA) is 40.7 Å². The van der Waals surface area contributed by atoms with Crippen LogP contribution in [0.2, 0.25) is 0 Å². The van der Waals surface area contributed by atoms with Gasteiger partial charge in [0.05, 0.1) is 11.1 Å². The summed E-state index contributed by atoms with van der Waals surface area (Å²) in [6.45, 7) is 3.59. The van der Waals surface area contributed by atoms with E-state index in [0.29, 0.717) is 11.2 Å². The molecular weight excluding hydrogens is 411 g/mol. The molecule has 0 atom stereocenters. The van der Waals surface area contributed by atoms with E-state index in [2.05, 4.69) is 45.3 Å². The molecule has 0 spiro atoms. The molecule has 0 fully saturated rings. The summed E-state index contributed by atoms with van der Waals surface area (Å²) in [5.41, 5.74) is 5.90. The molecule has 0 unspecified atom stereocenters. The number of H-pyrrole nitrogens is 1. The second-order valence-corrected chi connectivity index (χ2v) is 8.03. The average molecular weight is 431 g/mol. The van der Waals surface area contributed by atoms with Gasteiger partial charge in [-0.15, -0.1) is 0 Å². The molecule has 3 nitrogen and oxygen atoms in total. The summed E-state index contributed by atoms with van der Waals surface area (Å²) in [6.07, 6.45) is 0.0313. The zero-order chi connectivity index (χ0) is 22.3. The van der Waals surface area contributed by atoms with E-state index in [0.717, 1.165) is 47.7 Å². The monoisotopic (exact) mass is 431 g/mol. The van der Waals surface area contributed by atoms with Gasteiger partial charge in [-0.25, -0.2) is 4.98 Å². The highest BCUT2D eigenvalue weighted by Gasteiger charge is 2.32. The van der Waals surface area contributed by atoms with Crippen LogP contribution in [0.1, 0.15) is 33.4 Å². The largest absolute Gasteiger partial charge is 0.417 e. The van der Waals surface area contributed by atoms with Crippen molar-refractivity contribution in [3.63, 3.8) is 0 Å². The Morgan fingerprint density at radius 1 is 0.938 bits per heavy atom. The number of benzene rings is 2. The Morgan fingerprint density at radius 2 is 1.78 bits per heavy atom. The minimum atomic E-state index is -4.45. The molecule has 32 heavy (non-hydrogen) atoms. The van der Waals surface area contributed by atoms with Gasteiger partial charge in [-0.05, 0) is 60.3 Å². The molecule has 3 heterocycles. The number of nitrogens with zero attached hydrogens (tertiary/aromatic N) is 1. The third kappa shape index (κ3) is 3.88. The van der Waals surface area contributed by atoms with Gasteiger partial charge in [0.25, 0.3) is 0 Å². The zero-order valence-corrected chi connectivity index (χ0v) is 17.4. The quantitative estimate of drug-likeness (QED) is 0.385. The van der Waals surface area contributed by atoms with Gasteiger partial charge in [-0.3, -0.25) is 0 Å². The highest BCUT2D eigenvalue weighted by Crippen LogP contribution is 2.32. The molecule has 0 radical (unpaired) electrons. The fourth-order valence-electron chi connectivity index (χ4n) is 4.06. The molecule has 0 saturated heterocycles. The third-order valence-corrected chi connectivity index (χ3v) is 5.77. The van der Waals surface area contributed by atoms with E-state index in [1.807, 2.05) is 6.07 Å². The van der Waals surface area contributed by atoms with Gasteiger partial charge in [0, 0.05) is 35.5 Å². The molecule has 2 aromatic heterocycles. The highest BCUT2D eigenvalue weighted by molar-refractivity contribution is 5.87. The average Bonchev–Trinajstić information content (AvgIpc) is 3.19. The summed E-state index contributed by atoms with van der Waals surface area (Å²) in [6, 6.07) is 12.4. The second-order valence-electron chi connectivity index (χ2n) is 8.03. The Kier molecular flexibility index (Phi) is 4.99. The smallest absolute Gasteiger partial charge is 0.345 e. The fraction of sp³-hybridized carbons (Fsp3) is 0.192. The van der Waals surface area contributed by atoms with Gasteiger partial charge in [0.1, 0.15) is 5.65 Å². The van der Waals surface area contributed by atoms with Crippen LogP contribution in [0.3, 0.4) is 0 Å². The first kappa shape index (κ1) is 20.3. The van der Waals surface area contributed by atoms with Gasteiger partial charge < -0.3 is 10.3 Å². The number of aromatic amines is 1. The predicted molar refractivity (Wildman–Crippen MR) is 119 cm³/mol. The standard InChI is InChI=1S/C26H20F3N3/c1-16-2-7-24(26(27,28)29)19(10-16)4-6-21-14-31-25-23(21)12-22(15-32-25)17-3-5-20-13-30-9-8-18(20)11-17/h2-3,5,7,10-12,14-15,30H,8-9,13H2,1H3,(H,31,32). The Labute approximate surface area is 183 Å². The first-order chi connectivity index (χ1) is 15.4. The molecule has 0 bridgehead atoms. The molecule has 0 aliphatic carbocycles. The molecule has 1 aliphatic heterocycles. The summed E-state index contributed by atoms with van der Waals surface area (Å²) >= 11 is 0. The SMILES string of the molecule is Cc1ccc(C(F)(F)F)c(C#Cc2c[nH]c3ncc(-c4ccc5c(c4)CCNC5)cc23)c1. The van der Waals surface area contributed by atoms with Gasteiger partial charge in [0.15, 0.2) is 0 Å². The van der Waals surface area contributed by atoms with Crippen molar-refractivity contribution in [1.29, 1.82) is 0 Å². The summed E-state index contributed by atoms with van der Waals surface area (Å²) < 4.78 is 40.1. The maximum Gasteiger partial charge on any atom is 0.417 e. The van der Waals surface area contributed by atoms with Gasteiger partial charge in [-0.1, -0.05) is 36.1 Å². The summed E-state index contributed by atoms with van der Waals surface area (Å²) in [4.78, 5) is 7.57. The minimum absolute atomic E-state index is 0.0285. The number of hydrogen-bond acceptors (Lipinski definition) is 2. The van der Waals surface area contributed by atoms with Crippen LogP contribution in [0.25, 0.3) is 22.2 Å². The molecule has 2 aromatic carbocycles. The molecule has 0 saturated carbocycles. The predicted octanol–water partition coefficient (Wildman–Crippen LogP) is 5.60. The number of alkyl halides is 3. The van der Waals surface area contributed by atoms with Gasteiger partial charge in [-0.2, -0.15) is 13.2 Å². The van der Waals surface area contributed by atoms with E-state index in [4.69, 9.17) is 0 Å². The molecule has 2 N–H and O–H groups in total. The van der Waals surface area contributed by atoms with E-state index < -0.39 is 11.7 Å². The summed E-state index contributed by atoms with van der Waals surface area (Å²) in [7, 11) is 0. The van der Waals surface area contributed by atoms with Crippen molar-refractivity contribution in [2.24, 2.45) is 0 Å². The third-order valence-electron chi connectivity index (χ3n) is 5.77. The number of nitrogens with one attached hydrogen (secondary N) is 2. The lowest BCUT2D eigenvalue weighted by Gasteiger charge is -2.17. The molecule has 6 heteroatoms. The Hall–Kier alpha value is -3.56. The molecule has 0 amide bonds. The molecule has 1 aliphatic rings. The summed E-state index contributed by atoms with van der Waals surface area (Å²) in [5.74, 6) is 5.65. The van der Waals surface area contributed by atoms with Crippen molar-refractivity contribution in [3.8, 4) is 23.0 Å². The second kappa shape index (κ2) is 7.85. The number of fused-ring (bicyclic) bond motifs is 2. The molecule has 160 valence electrons. The van der Waals surface area contributed by atoms with Crippen molar-refractivity contribution in [3.05, 3.63) is 88.2 Å². The Bertz CT molecular complexity index is 1390. The van der Waals surface area contributed by atoms with Crippen molar-refractivity contribution >= 4 is 11.0 Å². The first-order valence-electron chi connectivity index (χ1n) is 10.4. The Morgan fingerprint density at radius 3 is 2.62 bits per heavy atom. The van der Waals surface area contributed by atoms with Crippen LogP contribution in [-0.4, -0.2) is 16.5 Å².